The van der Waals surface area contributed by atoms with Crippen LogP contribution in [-0.4, -0.2) is 36.2 Å². The van der Waals surface area contributed by atoms with E-state index in [1.165, 1.54) is 31.5 Å². The first-order valence-electron chi connectivity index (χ1n) is 4.73. The molecule has 0 radical (unpaired) electrons. The third kappa shape index (κ3) is 3.37. The van der Waals surface area contributed by atoms with Crippen LogP contribution in [-0.2, 0) is 0 Å². The van der Waals surface area contributed by atoms with E-state index in [0.29, 0.717) is 0 Å². The third-order valence-corrected chi connectivity index (χ3v) is 2.38. The highest BCUT2D eigenvalue weighted by Gasteiger charge is 2.09. The maximum absolute atomic E-state index is 9.08. The van der Waals surface area contributed by atoms with Gasteiger partial charge >= 0.3 is 0 Å². The van der Waals surface area contributed by atoms with Gasteiger partial charge in [0, 0.05) is 13.1 Å². The molecule has 70 valence electrons. The predicted octanol–water partition coefficient (Wildman–Crippen LogP) is 1.41. The zero-order chi connectivity index (χ0) is 8.97. The van der Waals surface area contributed by atoms with Crippen LogP contribution in [0.5, 0.6) is 0 Å². The molecule has 1 saturated heterocycles. The summed E-state index contributed by atoms with van der Waals surface area (Å²) in [7, 11) is 2.16. The molecular weight excluding hydrogens is 150 g/mol. The molecule has 0 aliphatic carbocycles. The molecule has 12 heavy (non-hydrogen) atoms. The molecular formula is C10H19NO. The van der Waals surface area contributed by atoms with E-state index in [4.69, 9.17) is 5.11 Å². The van der Waals surface area contributed by atoms with Crippen LogP contribution >= 0.6 is 0 Å². The van der Waals surface area contributed by atoms with Crippen LogP contribution in [0.25, 0.3) is 0 Å². The second-order valence-electron chi connectivity index (χ2n) is 3.75. The lowest BCUT2D eigenvalue weighted by Gasteiger charge is -2.24. The maximum atomic E-state index is 9.08. The molecule has 0 aromatic heterocycles. The second-order valence-corrected chi connectivity index (χ2v) is 3.75. The molecule has 0 aromatic carbocycles. The lowest BCUT2D eigenvalue weighted by Crippen LogP contribution is -2.26. The summed E-state index contributed by atoms with van der Waals surface area (Å²) >= 11 is 0. The highest BCUT2D eigenvalue weighted by Crippen LogP contribution is 2.15. The summed E-state index contributed by atoms with van der Waals surface area (Å²) in [5, 5.41) is 9.08. The molecule has 0 unspecified atom stereocenters. The van der Waals surface area contributed by atoms with Crippen LogP contribution < -0.4 is 0 Å². The fourth-order valence-electron chi connectivity index (χ4n) is 1.45. The number of hydrogen-bond donors (Lipinski definition) is 1. The van der Waals surface area contributed by atoms with Crippen molar-refractivity contribution in [3.8, 4) is 0 Å². The van der Waals surface area contributed by atoms with Gasteiger partial charge in [0.15, 0.2) is 0 Å². The van der Waals surface area contributed by atoms with Gasteiger partial charge in [-0.05, 0) is 33.2 Å². The molecule has 0 amide bonds. The largest absolute Gasteiger partial charge is 0.393 e. The lowest BCUT2D eigenvalue weighted by atomic mass is 10.0. The Morgan fingerprint density at radius 2 is 2.08 bits per heavy atom. The Labute approximate surface area is 74.9 Å². The lowest BCUT2D eigenvalue weighted by molar-refractivity contribution is 0.197. The van der Waals surface area contributed by atoms with E-state index >= 15 is 0 Å². The van der Waals surface area contributed by atoms with Gasteiger partial charge in [0.2, 0.25) is 0 Å². The molecule has 1 heterocycles. The Hall–Kier alpha value is -0.340. The average Bonchev–Trinajstić information content (AvgIpc) is 2.03. The number of piperidine rings is 1. The van der Waals surface area contributed by atoms with Gasteiger partial charge in [-0.1, -0.05) is 11.6 Å². The van der Waals surface area contributed by atoms with Crippen LogP contribution in [0.2, 0.25) is 0 Å². The van der Waals surface area contributed by atoms with Crippen LogP contribution in [0.3, 0.4) is 0 Å². The topological polar surface area (TPSA) is 23.5 Å². The van der Waals surface area contributed by atoms with Crippen molar-refractivity contribution in [3.05, 3.63) is 11.6 Å². The minimum absolute atomic E-state index is 0.183. The standard InChI is InChI=1S/C10H19NO/c1-9(12)3-4-10-5-7-11(2)8-6-10/h4,9,12H,3,5-8H2,1-2H3/t9-/m1/s1. The molecule has 1 N–H and O–H groups in total. The van der Waals surface area contributed by atoms with Crippen molar-refractivity contribution in [2.24, 2.45) is 0 Å². The predicted molar refractivity (Wildman–Crippen MR) is 51.1 cm³/mol. The van der Waals surface area contributed by atoms with Crippen molar-refractivity contribution in [1.82, 2.24) is 4.90 Å². The number of nitrogens with zero attached hydrogens (tertiary/aromatic N) is 1. The van der Waals surface area contributed by atoms with Gasteiger partial charge in [-0.15, -0.1) is 0 Å². The minimum atomic E-state index is -0.183. The summed E-state index contributed by atoms with van der Waals surface area (Å²) in [5.74, 6) is 0. The van der Waals surface area contributed by atoms with Crippen molar-refractivity contribution in [1.29, 1.82) is 0 Å². The molecule has 1 rings (SSSR count). The van der Waals surface area contributed by atoms with Crippen LogP contribution in [0.4, 0.5) is 0 Å². The molecule has 1 fully saturated rings. The van der Waals surface area contributed by atoms with Crippen LogP contribution in [0.15, 0.2) is 11.6 Å². The van der Waals surface area contributed by atoms with E-state index < -0.39 is 0 Å². The van der Waals surface area contributed by atoms with Crippen molar-refractivity contribution < 1.29 is 5.11 Å². The van der Waals surface area contributed by atoms with Gasteiger partial charge in [-0.3, -0.25) is 0 Å². The van der Waals surface area contributed by atoms with E-state index in [1.54, 1.807) is 0 Å². The Morgan fingerprint density at radius 3 is 2.58 bits per heavy atom. The van der Waals surface area contributed by atoms with Crippen LogP contribution in [0.1, 0.15) is 26.2 Å². The van der Waals surface area contributed by atoms with E-state index in [0.717, 1.165) is 6.42 Å². The van der Waals surface area contributed by atoms with Gasteiger partial charge < -0.3 is 10.0 Å². The monoisotopic (exact) mass is 169 g/mol. The van der Waals surface area contributed by atoms with Gasteiger partial charge in [0.25, 0.3) is 0 Å². The van der Waals surface area contributed by atoms with Crippen molar-refractivity contribution >= 4 is 0 Å². The normalized spacial score (nSPS) is 22.4. The summed E-state index contributed by atoms with van der Waals surface area (Å²) in [6.45, 7) is 4.18. The fourth-order valence-corrected chi connectivity index (χ4v) is 1.45. The first kappa shape index (κ1) is 9.75. The molecule has 0 saturated carbocycles. The van der Waals surface area contributed by atoms with Crippen molar-refractivity contribution in [2.75, 3.05) is 20.1 Å². The second kappa shape index (κ2) is 4.63. The smallest absolute Gasteiger partial charge is 0.0546 e. The highest BCUT2D eigenvalue weighted by atomic mass is 16.3. The number of rotatable bonds is 2. The number of aliphatic hydroxyl groups is 1. The molecule has 2 heteroatoms. The first-order valence-corrected chi connectivity index (χ1v) is 4.73. The summed E-state index contributed by atoms with van der Waals surface area (Å²) in [6.07, 6.45) is 5.21. The Morgan fingerprint density at radius 1 is 1.50 bits per heavy atom. The van der Waals surface area contributed by atoms with Gasteiger partial charge in [-0.25, -0.2) is 0 Å². The summed E-state index contributed by atoms with van der Waals surface area (Å²) in [4.78, 5) is 2.35. The molecule has 0 spiro atoms. The zero-order valence-electron chi connectivity index (χ0n) is 8.08. The van der Waals surface area contributed by atoms with Gasteiger partial charge in [-0.2, -0.15) is 0 Å². The maximum Gasteiger partial charge on any atom is 0.0546 e. The minimum Gasteiger partial charge on any atom is -0.393 e. The summed E-state index contributed by atoms with van der Waals surface area (Å²) < 4.78 is 0. The molecule has 1 atom stereocenters. The Bertz CT molecular complexity index is 153. The van der Waals surface area contributed by atoms with E-state index in [9.17, 15) is 0 Å². The van der Waals surface area contributed by atoms with Crippen LogP contribution in [0, 0.1) is 0 Å². The SMILES string of the molecule is C[C@@H](O)CC=C1CCN(C)CC1. The summed E-state index contributed by atoms with van der Waals surface area (Å²) in [6, 6.07) is 0. The quantitative estimate of drug-likeness (QED) is 0.632. The zero-order valence-corrected chi connectivity index (χ0v) is 8.08. The molecule has 2 nitrogen and oxygen atoms in total. The number of likely N-dealkylation sites (tertiary alicyclic amines) is 1. The Kier molecular flexibility index (Phi) is 3.76. The molecule has 1 aliphatic heterocycles. The van der Waals surface area contributed by atoms with Crippen molar-refractivity contribution in [3.63, 3.8) is 0 Å². The first-order chi connectivity index (χ1) is 5.68. The Balaban J connectivity index is 2.29. The molecule has 0 bridgehead atoms. The fraction of sp³-hybridized carbons (Fsp3) is 0.800. The number of aliphatic hydroxyl groups excluding tert-OH is 1. The third-order valence-electron chi connectivity index (χ3n) is 2.38. The number of hydrogen-bond acceptors (Lipinski definition) is 2. The van der Waals surface area contributed by atoms with E-state index in [2.05, 4.69) is 18.0 Å². The molecule has 0 aromatic rings. The molecule has 1 aliphatic rings. The highest BCUT2D eigenvalue weighted by molar-refractivity contribution is 5.05. The van der Waals surface area contributed by atoms with Crippen molar-refractivity contribution in [2.45, 2.75) is 32.3 Å². The van der Waals surface area contributed by atoms with Gasteiger partial charge in [0.05, 0.1) is 6.10 Å². The van der Waals surface area contributed by atoms with Gasteiger partial charge in [0.1, 0.15) is 0 Å². The van der Waals surface area contributed by atoms with E-state index in [1.807, 2.05) is 6.92 Å². The average molecular weight is 169 g/mol. The summed E-state index contributed by atoms with van der Waals surface area (Å²) in [5.41, 5.74) is 1.52. The van der Waals surface area contributed by atoms with E-state index in [-0.39, 0.29) is 6.10 Å².